The molecule has 0 N–H and O–H groups in total. The molecule has 0 fully saturated rings. The van der Waals surface area contributed by atoms with Crippen LogP contribution in [0.3, 0.4) is 0 Å². The molecule has 3 rings (SSSR count). The molecule has 2 aromatic carbocycles. The smallest absolute Gasteiger partial charge is 0.186 e. The Labute approximate surface area is 175 Å². The number of furan rings is 1. The summed E-state index contributed by atoms with van der Waals surface area (Å²) in [7, 11) is 0. The van der Waals surface area contributed by atoms with E-state index in [0.717, 1.165) is 42.1 Å². The third-order valence-electron chi connectivity index (χ3n) is 4.34. The van der Waals surface area contributed by atoms with E-state index in [9.17, 15) is 4.55 Å². The summed E-state index contributed by atoms with van der Waals surface area (Å²) in [5.74, 6) is 0.790. The first-order valence-corrected chi connectivity index (χ1v) is 12.0. The van der Waals surface area contributed by atoms with Gasteiger partial charge in [-0.3, -0.25) is 0 Å². The molecule has 1 aromatic heterocycles. The lowest BCUT2D eigenvalue weighted by Gasteiger charge is -2.14. The SMILES string of the molecule is CS/C(=C\c1cc(C)c(C)cc1OCc1cc(Br)c2occc2c1)[S+](C)[O-]. The van der Waals surface area contributed by atoms with Gasteiger partial charge in [0.25, 0.3) is 0 Å². The number of hydrogen-bond donors (Lipinski definition) is 0. The minimum Gasteiger partial charge on any atom is -0.611 e. The maximum atomic E-state index is 11.9. The van der Waals surface area contributed by atoms with Crippen LogP contribution in [0.5, 0.6) is 5.75 Å². The van der Waals surface area contributed by atoms with Crippen molar-refractivity contribution < 1.29 is 13.7 Å². The topological polar surface area (TPSA) is 45.4 Å². The summed E-state index contributed by atoms with van der Waals surface area (Å²) >= 11 is 4.02. The fraction of sp³-hybridized carbons (Fsp3) is 0.238. The van der Waals surface area contributed by atoms with E-state index in [2.05, 4.69) is 41.9 Å². The third-order valence-corrected chi connectivity index (χ3v) is 7.34. The first-order valence-electron chi connectivity index (χ1n) is 8.38. The average Bonchev–Trinajstić information content (AvgIpc) is 3.10. The molecule has 0 spiro atoms. The number of aryl methyl sites for hydroxylation is 2. The second kappa shape index (κ2) is 8.78. The molecule has 0 bridgehead atoms. The number of thioether (sulfide) groups is 1. The van der Waals surface area contributed by atoms with Gasteiger partial charge in [-0.2, -0.15) is 0 Å². The first-order chi connectivity index (χ1) is 12.9. The number of halogens is 1. The highest BCUT2D eigenvalue weighted by molar-refractivity contribution is 9.10. The Balaban J connectivity index is 1.92. The van der Waals surface area contributed by atoms with E-state index < -0.39 is 11.2 Å². The van der Waals surface area contributed by atoms with Gasteiger partial charge < -0.3 is 13.7 Å². The summed E-state index contributed by atoms with van der Waals surface area (Å²) < 4.78 is 25.3. The van der Waals surface area contributed by atoms with Crippen LogP contribution >= 0.6 is 27.7 Å². The van der Waals surface area contributed by atoms with Crippen molar-refractivity contribution in [3.8, 4) is 5.75 Å². The second-order valence-electron chi connectivity index (χ2n) is 6.30. The standard InChI is InChI=1S/C21H21BrO3S2/c1-13-7-17(11-20(26-3)27(4)23)19(8-14(13)2)25-12-15-9-16-5-6-24-21(16)18(22)10-15/h5-11H,12H2,1-4H3/b20-11+. The Morgan fingerprint density at radius 1 is 1.26 bits per heavy atom. The largest absolute Gasteiger partial charge is 0.611 e. The van der Waals surface area contributed by atoms with Crippen molar-refractivity contribution in [2.24, 2.45) is 0 Å². The Morgan fingerprint density at radius 3 is 2.70 bits per heavy atom. The van der Waals surface area contributed by atoms with Crippen LogP contribution in [0.25, 0.3) is 17.0 Å². The van der Waals surface area contributed by atoms with Gasteiger partial charge in [0.2, 0.25) is 0 Å². The molecule has 0 amide bonds. The van der Waals surface area contributed by atoms with Crippen molar-refractivity contribution in [3.63, 3.8) is 0 Å². The van der Waals surface area contributed by atoms with Crippen LogP contribution in [0.15, 0.2) is 49.7 Å². The fourth-order valence-corrected chi connectivity index (χ4v) is 4.87. The lowest BCUT2D eigenvalue weighted by molar-refractivity contribution is 0.305. The Morgan fingerprint density at radius 2 is 2.00 bits per heavy atom. The minimum atomic E-state index is -1.03. The summed E-state index contributed by atoms with van der Waals surface area (Å²) in [6.45, 7) is 4.58. The first kappa shape index (κ1) is 20.4. The van der Waals surface area contributed by atoms with Gasteiger partial charge in [-0.25, -0.2) is 0 Å². The van der Waals surface area contributed by atoms with E-state index in [0.29, 0.717) is 6.61 Å². The van der Waals surface area contributed by atoms with Crippen LogP contribution in [0, 0.1) is 13.8 Å². The molecule has 0 aliphatic rings. The highest BCUT2D eigenvalue weighted by atomic mass is 79.9. The summed E-state index contributed by atoms with van der Waals surface area (Å²) in [5.41, 5.74) is 5.17. The predicted octanol–water partition coefficient (Wildman–Crippen LogP) is 6.43. The average molecular weight is 465 g/mol. The molecular formula is C21H21BrO3S2. The number of rotatable bonds is 6. The maximum absolute atomic E-state index is 11.9. The summed E-state index contributed by atoms with van der Waals surface area (Å²) in [6, 6.07) is 10.1. The van der Waals surface area contributed by atoms with E-state index in [4.69, 9.17) is 9.15 Å². The molecule has 0 radical (unpaired) electrons. The van der Waals surface area contributed by atoms with Gasteiger partial charge in [0.1, 0.15) is 24.2 Å². The Bertz CT molecular complexity index is 993. The molecule has 1 heterocycles. The van der Waals surface area contributed by atoms with Crippen LogP contribution in [-0.2, 0) is 17.8 Å². The molecular weight excluding hydrogens is 444 g/mol. The molecule has 1 unspecified atom stereocenters. The molecule has 142 valence electrons. The normalized spacial score (nSPS) is 13.2. The van der Waals surface area contributed by atoms with Crippen LogP contribution < -0.4 is 4.74 Å². The van der Waals surface area contributed by atoms with Crippen molar-refractivity contribution >= 4 is 55.9 Å². The summed E-state index contributed by atoms with van der Waals surface area (Å²) in [4.78, 5) is 0. The van der Waals surface area contributed by atoms with E-state index in [1.165, 1.54) is 17.3 Å². The second-order valence-corrected chi connectivity index (χ2v) is 9.61. The zero-order chi connectivity index (χ0) is 19.6. The van der Waals surface area contributed by atoms with E-state index >= 15 is 0 Å². The lowest BCUT2D eigenvalue weighted by Crippen LogP contribution is -2.01. The molecule has 3 aromatic rings. The molecule has 3 nitrogen and oxygen atoms in total. The van der Waals surface area contributed by atoms with E-state index in [-0.39, 0.29) is 0 Å². The Kier molecular flexibility index (Phi) is 6.63. The molecule has 0 aliphatic heterocycles. The van der Waals surface area contributed by atoms with Crippen LogP contribution in [0.1, 0.15) is 22.3 Å². The van der Waals surface area contributed by atoms with Gasteiger partial charge in [-0.1, -0.05) is 11.8 Å². The zero-order valence-electron chi connectivity index (χ0n) is 15.7. The molecule has 0 aliphatic carbocycles. The van der Waals surface area contributed by atoms with Gasteiger partial charge >= 0.3 is 0 Å². The van der Waals surface area contributed by atoms with Gasteiger partial charge in [0, 0.05) is 17.0 Å². The fourth-order valence-electron chi connectivity index (χ4n) is 2.78. The van der Waals surface area contributed by atoms with Crippen LogP contribution in [0.2, 0.25) is 0 Å². The molecule has 0 saturated heterocycles. The maximum Gasteiger partial charge on any atom is 0.186 e. The number of benzene rings is 2. The summed E-state index contributed by atoms with van der Waals surface area (Å²) in [5, 5.41) is 1.04. The number of hydrogen-bond acceptors (Lipinski definition) is 4. The van der Waals surface area contributed by atoms with Crippen molar-refractivity contribution in [2.45, 2.75) is 20.5 Å². The zero-order valence-corrected chi connectivity index (χ0v) is 18.9. The molecule has 1 atom stereocenters. The van der Waals surface area contributed by atoms with Crippen LogP contribution in [0.4, 0.5) is 0 Å². The van der Waals surface area contributed by atoms with E-state index in [1.807, 2.05) is 30.5 Å². The molecule has 6 heteroatoms. The third kappa shape index (κ3) is 4.74. The lowest BCUT2D eigenvalue weighted by atomic mass is 10.0. The quantitative estimate of drug-likeness (QED) is 0.394. The van der Waals surface area contributed by atoms with Crippen molar-refractivity contribution in [1.29, 1.82) is 0 Å². The van der Waals surface area contributed by atoms with Gasteiger partial charge in [0.05, 0.1) is 10.7 Å². The van der Waals surface area contributed by atoms with Gasteiger partial charge in [-0.05, 0) is 94.2 Å². The molecule has 27 heavy (non-hydrogen) atoms. The van der Waals surface area contributed by atoms with Crippen LogP contribution in [-0.4, -0.2) is 17.1 Å². The molecule has 0 saturated carbocycles. The Hall–Kier alpha value is -1.34. The highest BCUT2D eigenvalue weighted by Gasteiger charge is 2.13. The van der Waals surface area contributed by atoms with Crippen molar-refractivity contribution in [1.82, 2.24) is 0 Å². The van der Waals surface area contributed by atoms with Gasteiger partial charge in [-0.15, -0.1) is 0 Å². The van der Waals surface area contributed by atoms with E-state index in [1.54, 1.807) is 12.5 Å². The number of ether oxygens (including phenoxy) is 1. The van der Waals surface area contributed by atoms with Gasteiger partial charge in [0.15, 0.2) is 4.24 Å². The monoisotopic (exact) mass is 464 g/mol. The highest BCUT2D eigenvalue weighted by Crippen LogP contribution is 2.31. The van der Waals surface area contributed by atoms with Crippen molar-refractivity contribution in [3.05, 3.63) is 67.6 Å². The predicted molar refractivity (Wildman–Crippen MR) is 120 cm³/mol. The summed E-state index contributed by atoms with van der Waals surface area (Å²) in [6.07, 6.45) is 7.27. The number of fused-ring (bicyclic) bond motifs is 1. The minimum absolute atomic E-state index is 0.437. The van der Waals surface area contributed by atoms with Crippen molar-refractivity contribution in [2.75, 3.05) is 12.5 Å².